The lowest BCUT2D eigenvalue weighted by atomic mass is 9.93. The molecule has 1 aliphatic heterocycles. The minimum Gasteiger partial charge on any atom is -0.322 e. The summed E-state index contributed by atoms with van der Waals surface area (Å²) in [5, 5.41) is 18.7. The van der Waals surface area contributed by atoms with Crippen LogP contribution in [0.4, 0.5) is 10.5 Å². The molecule has 8 heteroatoms. The van der Waals surface area contributed by atoms with E-state index in [-0.39, 0.29) is 5.69 Å². The van der Waals surface area contributed by atoms with Gasteiger partial charge in [0.05, 0.1) is 11.1 Å². The Morgan fingerprint density at radius 2 is 1.93 bits per heavy atom. The lowest BCUT2D eigenvalue weighted by Gasteiger charge is -2.20. The Labute approximate surface area is 168 Å². The van der Waals surface area contributed by atoms with Crippen molar-refractivity contribution in [3.8, 4) is 0 Å². The fourth-order valence-corrected chi connectivity index (χ4v) is 3.24. The van der Waals surface area contributed by atoms with Crippen LogP contribution in [0.15, 0.2) is 53.6 Å². The van der Waals surface area contributed by atoms with Crippen LogP contribution in [0.5, 0.6) is 0 Å². The monoisotopic (exact) mass is 394 g/mol. The molecule has 1 N–H and O–H groups in total. The standard InChI is InChI=1S/C21H22N4O4/c1-3-17-10-9-16(13-18(17)25(28)29)14-22-24-19(26)21(2,23-20(24)27)12-11-15-7-5-4-6-8-15/h4-10,13-14H,3,11-12H2,1-2H3,(H,23,27)/b22-14-/t21-/m1/s1. The summed E-state index contributed by atoms with van der Waals surface area (Å²) in [6.45, 7) is 3.51. The quantitative estimate of drug-likeness (QED) is 0.336. The van der Waals surface area contributed by atoms with Gasteiger partial charge in [0.1, 0.15) is 5.54 Å². The second kappa shape index (κ2) is 8.22. The zero-order chi connectivity index (χ0) is 21.0. The number of imide groups is 1. The van der Waals surface area contributed by atoms with Gasteiger partial charge in [0.2, 0.25) is 0 Å². The van der Waals surface area contributed by atoms with Crippen molar-refractivity contribution in [3.63, 3.8) is 0 Å². The largest absolute Gasteiger partial charge is 0.346 e. The van der Waals surface area contributed by atoms with Crippen molar-refractivity contribution in [2.45, 2.75) is 38.6 Å². The fourth-order valence-electron chi connectivity index (χ4n) is 3.24. The number of benzene rings is 2. The molecule has 1 fully saturated rings. The molecule has 0 unspecified atom stereocenters. The van der Waals surface area contributed by atoms with Crippen molar-refractivity contribution >= 4 is 23.8 Å². The third-order valence-corrected chi connectivity index (χ3v) is 5.01. The highest BCUT2D eigenvalue weighted by atomic mass is 16.6. The zero-order valence-electron chi connectivity index (χ0n) is 16.3. The minimum absolute atomic E-state index is 0.0126. The van der Waals surface area contributed by atoms with Crippen LogP contribution < -0.4 is 5.32 Å². The van der Waals surface area contributed by atoms with Gasteiger partial charge < -0.3 is 5.32 Å². The number of nitrogens with zero attached hydrogens (tertiary/aromatic N) is 3. The van der Waals surface area contributed by atoms with Crippen molar-refractivity contribution in [2.75, 3.05) is 0 Å². The molecule has 0 radical (unpaired) electrons. The number of hydrogen-bond acceptors (Lipinski definition) is 5. The third-order valence-electron chi connectivity index (χ3n) is 5.01. The molecular weight excluding hydrogens is 372 g/mol. The van der Waals surface area contributed by atoms with Gasteiger partial charge >= 0.3 is 6.03 Å². The van der Waals surface area contributed by atoms with Crippen LogP contribution in [0.3, 0.4) is 0 Å². The van der Waals surface area contributed by atoms with E-state index in [1.165, 1.54) is 12.3 Å². The van der Waals surface area contributed by atoms with E-state index in [1.54, 1.807) is 19.1 Å². The Balaban J connectivity index is 1.74. The van der Waals surface area contributed by atoms with Gasteiger partial charge in [-0.3, -0.25) is 14.9 Å². The highest BCUT2D eigenvalue weighted by Gasteiger charge is 2.47. The predicted molar refractivity (Wildman–Crippen MR) is 109 cm³/mol. The summed E-state index contributed by atoms with van der Waals surface area (Å²) >= 11 is 0. The Morgan fingerprint density at radius 3 is 2.59 bits per heavy atom. The van der Waals surface area contributed by atoms with Crippen LogP contribution in [0.2, 0.25) is 0 Å². The van der Waals surface area contributed by atoms with E-state index in [9.17, 15) is 19.7 Å². The van der Waals surface area contributed by atoms with Gasteiger partial charge in [0, 0.05) is 17.2 Å². The number of rotatable bonds is 7. The van der Waals surface area contributed by atoms with E-state index in [1.807, 2.05) is 37.3 Å². The van der Waals surface area contributed by atoms with Crippen molar-refractivity contribution in [2.24, 2.45) is 5.10 Å². The lowest BCUT2D eigenvalue weighted by molar-refractivity contribution is -0.385. The number of carbonyl (C=O) groups is 2. The SMILES string of the molecule is CCc1ccc(/C=N\N2C(=O)N[C@](C)(CCc3ccccc3)C2=O)cc1[N+](=O)[O-]. The van der Waals surface area contributed by atoms with Gasteiger partial charge in [-0.25, -0.2) is 4.79 Å². The molecule has 1 aliphatic rings. The molecule has 1 saturated heterocycles. The van der Waals surface area contributed by atoms with Crippen molar-refractivity contribution in [3.05, 3.63) is 75.3 Å². The smallest absolute Gasteiger partial charge is 0.322 e. The van der Waals surface area contributed by atoms with E-state index in [2.05, 4.69) is 10.4 Å². The number of nitro groups is 1. The molecule has 3 rings (SSSR count). The van der Waals surface area contributed by atoms with Gasteiger partial charge in [-0.1, -0.05) is 49.4 Å². The predicted octanol–water partition coefficient (Wildman–Crippen LogP) is 3.43. The van der Waals surface area contributed by atoms with Gasteiger partial charge in [-0.15, -0.1) is 5.01 Å². The number of hydrazone groups is 1. The van der Waals surface area contributed by atoms with Crippen molar-refractivity contribution < 1.29 is 14.5 Å². The Kier molecular flexibility index (Phi) is 5.72. The van der Waals surface area contributed by atoms with Crippen molar-refractivity contribution in [1.29, 1.82) is 0 Å². The van der Waals surface area contributed by atoms with E-state index in [0.717, 1.165) is 10.6 Å². The molecule has 150 valence electrons. The van der Waals surface area contributed by atoms with Crippen LogP contribution in [0.25, 0.3) is 0 Å². The number of hydrogen-bond donors (Lipinski definition) is 1. The number of aryl methyl sites for hydroxylation is 2. The fraction of sp³-hybridized carbons (Fsp3) is 0.286. The van der Waals surface area contributed by atoms with Gasteiger partial charge in [-0.05, 0) is 31.7 Å². The average molecular weight is 394 g/mol. The zero-order valence-corrected chi connectivity index (χ0v) is 16.3. The third kappa shape index (κ3) is 4.31. The normalized spacial score (nSPS) is 19.0. The lowest BCUT2D eigenvalue weighted by Crippen LogP contribution is -2.44. The number of nitrogens with one attached hydrogen (secondary N) is 1. The molecule has 0 bridgehead atoms. The molecule has 29 heavy (non-hydrogen) atoms. The molecular formula is C21H22N4O4. The summed E-state index contributed by atoms with van der Waals surface area (Å²) in [4.78, 5) is 35.8. The van der Waals surface area contributed by atoms with Gasteiger partial charge in [0.25, 0.3) is 11.6 Å². The molecule has 1 atom stereocenters. The molecule has 8 nitrogen and oxygen atoms in total. The average Bonchev–Trinajstić information content (AvgIpc) is 2.94. The number of urea groups is 1. The van der Waals surface area contributed by atoms with Crippen LogP contribution in [0.1, 0.15) is 37.0 Å². The Bertz CT molecular complexity index is 974. The first-order valence-corrected chi connectivity index (χ1v) is 9.36. The summed E-state index contributed by atoms with van der Waals surface area (Å²) in [6.07, 6.45) is 2.88. The van der Waals surface area contributed by atoms with Crippen LogP contribution >= 0.6 is 0 Å². The molecule has 0 aliphatic carbocycles. The maximum absolute atomic E-state index is 12.8. The topological polar surface area (TPSA) is 105 Å². The second-order valence-corrected chi connectivity index (χ2v) is 7.11. The first-order valence-electron chi connectivity index (χ1n) is 9.36. The highest BCUT2D eigenvalue weighted by Crippen LogP contribution is 2.24. The first kappa shape index (κ1) is 20.2. The molecule has 0 aromatic heterocycles. The van der Waals surface area contributed by atoms with Crippen LogP contribution in [-0.2, 0) is 17.6 Å². The maximum Gasteiger partial charge on any atom is 0.346 e. The van der Waals surface area contributed by atoms with Crippen molar-refractivity contribution in [1.82, 2.24) is 10.3 Å². The number of nitro benzene ring substituents is 1. The molecule has 3 amide bonds. The molecule has 2 aromatic carbocycles. The van der Waals surface area contributed by atoms with E-state index >= 15 is 0 Å². The Morgan fingerprint density at radius 1 is 1.21 bits per heavy atom. The highest BCUT2D eigenvalue weighted by molar-refractivity contribution is 6.07. The summed E-state index contributed by atoms with van der Waals surface area (Å²) in [7, 11) is 0. The van der Waals surface area contributed by atoms with Crippen LogP contribution in [-0.4, -0.2) is 33.6 Å². The second-order valence-electron chi connectivity index (χ2n) is 7.11. The summed E-state index contributed by atoms with van der Waals surface area (Å²) < 4.78 is 0. The number of amides is 3. The summed E-state index contributed by atoms with van der Waals surface area (Å²) in [5.74, 6) is -0.450. The van der Waals surface area contributed by atoms with E-state index in [0.29, 0.717) is 30.4 Å². The molecule has 1 heterocycles. The summed E-state index contributed by atoms with van der Waals surface area (Å²) in [6, 6.07) is 13.8. The molecule has 0 spiro atoms. The molecule has 2 aromatic rings. The van der Waals surface area contributed by atoms with E-state index in [4.69, 9.17) is 0 Å². The first-order chi connectivity index (χ1) is 13.8. The maximum atomic E-state index is 12.8. The van der Waals surface area contributed by atoms with Crippen LogP contribution in [0, 0.1) is 10.1 Å². The summed E-state index contributed by atoms with van der Waals surface area (Å²) in [5.41, 5.74) is 1.05. The number of carbonyl (C=O) groups excluding carboxylic acids is 2. The Hall–Kier alpha value is -3.55. The van der Waals surface area contributed by atoms with Gasteiger partial charge in [0.15, 0.2) is 0 Å². The van der Waals surface area contributed by atoms with E-state index < -0.39 is 22.4 Å². The minimum atomic E-state index is -1.05. The molecule has 0 saturated carbocycles. The van der Waals surface area contributed by atoms with Gasteiger partial charge in [-0.2, -0.15) is 5.10 Å².